The molecule has 2 aromatic rings. The number of benzene rings is 2. The molecule has 0 unspecified atom stereocenters. The molecule has 0 saturated carbocycles. The van der Waals surface area contributed by atoms with E-state index in [9.17, 15) is 0 Å². The van der Waals surface area contributed by atoms with Gasteiger partial charge in [0.25, 0.3) is 0 Å². The van der Waals surface area contributed by atoms with Gasteiger partial charge in [0.2, 0.25) is 0 Å². The maximum Gasteiger partial charge on any atom is 0.137 e. The molecule has 0 aliphatic rings. The summed E-state index contributed by atoms with van der Waals surface area (Å²) in [6, 6.07) is 13.8. The Kier molecular flexibility index (Phi) is 5.72. The van der Waals surface area contributed by atoms with Crippen molar-refractivity contribution in [1.29, 1.82) is 0 Å². The fraction of sp³-hybridized carbons (Fsp3) is 0.250. The van der Waals surface area contributed by atoms with Crippen LogP contribution < -0.4 is 10.1 Å². The predicted octanol–water partition coefficient (Wildman–Crippen LogP) is 4.33. The normalized spacial score (nSPS) is 10.6. The Bertz CT molecular complexity index is 555. The van der Waals surface area contributed by atoms with Gasteiger partial charge >= 0.3 is 0 Å². The molecule has 0 spiro atoms. The molecular formula is C16H17Cl2NO. The lowest BCUT2D eigenvalue weighted by Gasteiger charge is -2.08. The number of hydrogen-bond donors (Lipinski definition) is 1. The van der Waals surface area contributed by atoms with Crippen molar-refractivity contribution in [1.82, 2.24) is 5.32 Å². The number of hydrogen-bond acceptors (Lipinski definition) is 2. The first-order valence-corrected chi connectivity index (χ1v) is 7.22. The fourth-order valence-corrected chi connectivity index (χ4v) is 2.34. The lowest BCUT2D eigenvalue weighted by molar-refractivity contribution is 0.415. The van der Waals surface area contributed by atoms with Gasteiger partial charge in [0.05, 0.1) is 12.1 Å². The number of nitrogens with one attached hydrogen (secondary N) is 1. The maximum absolute atomic E-state index is 6.09. The van der Waals surface area contributed by atoms with Crippen molar-refractivity contribution in [2.45, 2.75) is 13.0 Å². The first kappa shape index (κ1) is 15.2. The van der Waals surface area contributed by atoms with Gasteiger partial charge in [0.15, 0.2) is 0 Å². The highest BCUT2D eigenvalue weighted by atomic mass is 35.5. The Labute approximate surface area is 129 Å². The molecule has 0 radical (unpaired) electrons. The van der Waals surface area contributed by atoms with Crippen LogP contribution in [0.4, 0.5) is 0 Å². The predicted molar refractivity (Wildman–Crippen MR) is 84.9 cm³/mol. The van der Waals surface area contributed by atoms with Gasteiger partial charge in [0.1, 0.15) is 5.75 Å². The van der Waals surface area contributed by atoms with E-state index in [1.807, 2.05) is 42.5 Å². The molecule has 2 aromatic carbocycles. The molecule has 2 rings (SSSR count). The summed E-state index contributed by atoms with van der Waals surface area (Å²) in [6.07, 6.45) is 0.973. The molecule has 0 aliphatic heterocycles. The van der Waals surface area contributed by atoms with Crippen LogP contribution in [0.1, 0.15) is 11.1 Å². The van der Waals surface area contributed by atoms with E-state index in [1.54, 1.807) is 7.11 Å². The van der Waals surface area contributed by atoms with Crippen molar-refractivity contribution in [2.75, 3.05) is 13.7 Å². The highest BCUT2D eigenvalue weighted by molar-refractivity contribution is 6.32. The molecule has 0 aromatic heterocycles. The first-order chi connectivity index (χ1) is 9.69. The monoisotopic (exact) mass is 309 g/mol. The van der Waals surface area contributed by atoms with Gasteiger partial charge in [-0.3, -0.25) is 0 Å². The van der Waals surface area contributed by atoms with Gasteiger partial charge in [-0.15, -0.1) is 0 Å². The van der Waals surface area contributed by atoms with E-state index in [2.05, 4.69) is 5.32 Å². The van der Waals surface area contributed by atoms with Crippen molar-refractivity contribution in [3.05, 3.63) is 63.6 Å². The summed E-state index contributed by atoms with van der Waals surface area (Å²) in [4.78, 5) is 0. The minimum absolute atomic E-state index is 0.643. The van der Waals surface area contributed by atoms with Crippen LogP contribution in [0.25, 0.3) is 0 Å². The van der Waals surface area contributed by atoms with Crippen LogP contribution in [0.15, 0.2) is 42.5 Å². The SMILES string of the molecule is COc1ccc(CNCCc2ccc(Cl)cc2)cc1Cl. The van der Waals surface area contributed by atoms with Gasteiger partial charge in [-0.05, 0) is 48.4 Å². The molecule has 20 heavy (non-hydrogen) atoms. The molecule has 106 valence electrons. The van der Waals surface area contributed by atoms with Crippen LogP contribution in [0.2, 0.25) is 10.0 Å². The van der Waals surface area contributed by atoms with Gasteiger partial charge in [-0.25, -0.2) is 0 Å². The largest absolute Gasteiger partial charge is 0.495 e. The van der Waals surface area contributed by atoms with Gasteiger partial charge in [-0.2, -0.15) is 0 Å². The Morgan fingerprint density at radius 3 is 2.35 bits per heavy atom. The second kappa shape index (κ2) is 7.53. The molecule has 0 saturated heterocycles. The van der Waals surface area contributed by atoms with E-state index in [4.69, 9.17) is 27.9 Å². The zero-order chi connectivity index (χ0) is 14.4. The molecule has 0 fully saturated rings. The standard InChI is InChI=1S/C16H17Cl2NO/c1-20-16-7-4-13(10-15(16)18)11-19-9-8-12-2-5-14(17)6-3-12/h2-7,10,19H,8-9,11H2,1H3. The molecular weight excluding hydrogens is 293 g/mol. The van der Waals surface area contributed by atoms with Crippen molar-refractivity contribution in [3.8, 4) is 5.75 Å². The molecule has 0 bridgehead atoms. The summed E-state index contributed by atoms with van der Waals surface area (Å²) in [5.41, 5.74) is 2.42. The number of rotatable bonds is 6. The van der Waals surface area contributed by atoms with Crippen molar-refractivity contribution < 1.29 is 4.74 Å². The average Bonchev–Trinajstić information content (AvgIpc) is 2.46. The van der Waals surface area contributed by atoms with Crippen LogP contribution >= 0.6 is 23.2 Å². The summed E-state index contributed by atoms with van der Waals surface area (Å²) in [5.74, 6) is 0.705. The third kappa shape index (κ3) is 4.41. The molecule has 0 amide bonds. The van der Waals surface area contributed by atoms with E-state index in [0.717, 1.165) is 30.1 Å². The molecule has 0 atom stereocenters. The number of halogens is 2. The Morgan fingerprint density at radius 1 is 1.00 bits per heavy atom. The Hall–Kier alpha value is -1.22. The van der Waals surface area contributed by atoms with Crippen LogP contribution in [0.5, 0.6) is 5.75 Å². The molecule has 0 heterocycles. The molecule has 0 aliphatic carbocycles. The van der Waals surface area contributed by atoms with Crippen LogP contribution in [0.3, 0.4) is 0 Å². The lowest BCUT2D eigenvalue weighted by atomic mass is 10.1. The second-order valence-electron chi connectivity index (χ2n) is 4.52. The van der Waals surface area contributed by atoms with Crippen LogP contribution in [-0.2, 0) is 13.0 Å². The summed E-state index contributed by atoms with van der Waals surface area (Å²) in [5, 5.41) is 4.81. The highest BCUT2D eigenvalue weighted by Gasteiger charge is 2.01. The second-order valence-corrected chi connectivity index (χ2v) is 5.37. The minimum atomic E-state index is 0.643. The van der Waals surface area contributed by atoms with Gasteiger partial charge in [-0.1, -0.05) is 41.4 Å². The third-order valence-electron chi connectivity index (χ3n) is 3.05. The van der Waals surface area contributed by atoms with Gasteiger partial charge in [0, 0.05) is 11.6 Å². The van der Waals surface area contributed by atoms with Crippen LogP contribution in [-0.4, -0.2) is 13.7 Å². The Balaban J connectivity index is 1.78. The maximum atomic E-state index is 6.09. The molecule has 1 N–H and O–H groups in total. The van der Waals surface area contributed by atoms with E-state index < -0.39 is 0 Å². The summed E-state index contributed by atoms with van der Waals surface area (Å²) in [6.45, 7) is 1.70. The lowest BCUT2D eigenvalue weighted by Crippen LogP contribution is -2.16. The van der Waals surface area contributed by atoms with E-state index in [1.165, 1.54) is 5.56 Å². The van der Waals surface area contributed by atoms with Crippen molar-refractivity contribution in [3.63, 3.8) is 0 Å². The van der Waals surface area contributed by atoms with Crippen LogP contribution in [0, 0.1) is 0 Å². The minimum Gasteiger partial charge on any atom is -0.495 e. The summed E-state index contributed by atoms with van der Waals surface area (Å²) in [7, 11) is 1.62. The number of ether oxygens (including phenoxy) is 1. The summed E-state index contributed by atoms with van der Waals surface area (Å²) < 4.78 is 5.13. The van der Waals surface area contributed by atoms with Crippen molar-refractivity contribution >= 4 is 23.2 Å². The van der Waals surface area contributed by atoms with Gasteiger partial charge < -0.3 is 10.1 Å². The average molecular weight is 310 g/mol. The quantitative estimate of drug-likeness (QED) is 0.802. The van der Waals surface area contributed by atoms with E-state index in [0.29, 0.717) is 10.8 Å². The fourth-order valence-electron chi connectivity index (χ4n) is 1.94. The molecule has 4 heteroatoms. The zero-order valence-corrected chi connectivity index (χ0v) is 12.8. The number of methoxy groups -OCH3 is 1. The van der Waals surface area contributed by atoms with E-state index in [-0.39, 0.29) is 0 Å². The Morgan fingerprint density at radius 2 is 1.70 bits per heavy atom. The molecule has 2 nitrogen and oxygen atoms in total. The van der Waals surface area contributed by atoms with E-state index >= 15 is 0 Å². The smallest absolute Gasteiger partial charge is 0.137 e. The third-order valence-corrected chi connectivity index (χ3v) is 3.60. The van der Waals surface area contributed by atoms with Crippen molar-refractivity contribution in [2.24, 2.45) is 0 Å². The topological polar surface area (TPSA) is 21.3 Å². The highest BCUT2D eigenvalue weighted by Crippen LogP contribution is 2.24. The first-order valence-electron chi connectivity index (χ1n) is 6.46. The zero-order valence-electron chi connectivity index (χ0n) is 11.3. The summed E-state index contributed by atoms with van der Waals surface area (Å²) >= 11 is 11.9.